The summed E-state index contributed by atoms with van der Waals surface area (Å²) in [6, 6.07) is 54.2. The number of rotatable bonds is 4. The average Bonchev–Trinajstić information content (AvgIpc) is 3.64. The van der Waals surface area contributed by atoms with E-state index in [9.17, 15) is 0 Å². The number of hydrogen-bond acceptors (Lipinski definition) is 3. The molecule has 0 saturated carbocycles. The lowest BCUT2D eigenvalue weighted by molar-refractivity contribution is 0.672. The molecule has 0 bridgehead atoms. The Kier molecular flexibility index (Phi) is 5.40. The van der Waals surface area contributed by atoms with E-state index in [4.69, 9.17) is 4.42 Å². The molecule has 0 amide bonds. The van der Waals surface area contributed by atoms with E-state index in [1.54, 1.807) is 0 Å². The first-order valence-corrected chi connectivity index (χ1v) is 15.3. The van der Waals surface area contributed by atoms with Crippen LogP contribution in [0, 0.1) is 0 Å². The third kappa shape index (κ3) is 3.79. The van der Waals surface area contributed by atoms with Gasteiger partial charge < -0.3 is 9.32 Å². The first kappa shape index (κ1) is 24.2. The van der Waals surface area contributed by atoms with Crippen LogP contribution in [0.3, 0.4) is 0 Å². The Balaban J connectivity index is 1.32. The van der Waals surface area contributed by atoms with Gasteiger partial charge in [-0.3, -0.25) is 0 Å². The van der Waals surface area contributed by atoms with Crippen molar-refractivity contribution in [3.8, 4) is 11.1 Å². The molecule has 0 N–H and O–H groups in total. The predicted octanol–water partition coefficient (Wildman–Crippen LogP) is 12.2. The van der Waals surface area contributed by atoms with Crippen molar-refractivity contribution in [2.45, 2.75) is 0 Å². The van der Waals surface area contributed by atoms with Crippen LogP contribution in [-0.4, -0.2) is 0 Å². The van der Waals surface area contributed by atoms with Crippen LogP contribution in [0.1, 0.15) is 0 Å². The Morgan fingerprint density at radius 2 is 1.23 bits per heavy atom. The predicted molar refractivity (Wildman–Crippen MR) is 184 cm³/mol. The second-order valence-electron chi connectivity index (χ2n) is 10.9. The first-order valence-electron chi connectivity index (χ1n) is 14.5. The topological polar surface area (TPSA) is 16.4 Å². The van der Waals surface area contributed by atoms with Crippen LogP contribution in [-0.2, 0) is 0 Å². The fourth-order valence-corrected chi connectivity index (χ4v) is 7.60. The fourth-order valence-electron chi connectivity index (χ4n) is 6.51. The zero-order chi connectivity index (χ0) is 28.3. The largest absolute Gasteiger partial charge is 0.455 e. The monoisotopic (exact) mass is 567 g/mol. The number of para-hydroxylation sites is 2. The molecule has 2 nitrogen and oxygen atoms in total. The van der Waals surface area contributed by atoms with Crippen molar-refractivity contribution in [1.29, 1.82) is 0 Å². The van der Waals surface area contributed by atoms with Gasteiger partial charge in [-0.05, 0) is 65.5 Å². The van der Waals surface area contributed by atoms with Crippen molar-refractivity contribution in [2.24, 2.45) is 0 Å². The highest BCUT2D eigenvalue weighted by Crippen LogP contribution is 2.47. The molecule has 0 aliphatic carbocycles. The molecule has 0 unspecified atom stereocenters. The number of benzene rings is 7. The zero-order valence-electron chi connectivity index (χ0n) is 23.2. The number of thiophene rings is 1. The Hall–Kier alpha value is -5.38. The summed E-state index contributed by atoms with van der Waals surface area (Å²) in [5, 5.41) is 7.15. The number of anilines is 3. The molecule has 202 valence electrons. The van der Waals surface area contributed by atoms with Crippen LogP contribution in [0.4, 0.5) is 17.1 Å². The molecule has 3 heteroatoms. The molecule has 0 saturated heterocycles. The molecule has 9 rings (SSSR count). The number of fused-ring (bicyclic) bond motifs is 8. The van der Waals surface area contributed by atoms with E-state index in [0.717, 1.165) is 44.4 Å². The molecular weight excluding hydrogens is 543 g/mol. The third-order valence-corrected chi connectivity index (χ3v) is 9.60. The Bertz CT molecular complexity index is 2470. The zero-order valence-corrected chi connectivity index (χ0v) is 24.0. The molecule has 0 radical (unpaired) electrons. The van der Waals surface area contributed by atoms with E-state index in [1.807, 2.05) is 11.3 Å². The second kappa shape index (κ2) is 9.59. The maximum absolute atomic E-state index is 6.60. The molecule has 43 heavy (non-hydrogen) atoms. The summed E-state index contributed by atoms with van der Waals surface area (Å²) in [4.78, 5) is 2.39. The highest BCUT2D eigenvalue weighted by Gasteiger charge is 2.22. The van der Waals surface area contributed by atoms with Crippen molar-refractivity contribution in [3.05, 3.63) is 152 Å². The van der Waals surface area contributed by atoms with E-state index >= 15 is 0 Å². The number of furan rings is 1. The molecule has 0 fully saturated rings. The van der Waals surface area contributed by atoms with Crippen LogP contribution in [0.5, 0.6) is 0 Å². The quantitative estimate of drug-likeness (QED) is 0.210. The van der Waals surface area contributed by atoms with Crippen molar-refractivity contribution >= 4 is 81.3 Å². The molecule has 0 aliphatic rings. The molecule has 0 atom stereocenters. The summed E-state index contributed by atoms with van der Waals surface area (Å²) in [5.41, 5.74) is 7.49. The molecule has 2 aromatic heterocycles. The minimum Gasteiger partial charge on any atom is -0.455 e. The van der Waals surface area contributed by atoms with Crippen LogP contribution >= 0.6 is 11.3 Å². The van der Waals surface area contributed by atoms with Gasteiger partial charge in [0.25, 0.3) is 0 Å². The standard InChI is InChI=1S/C40H25NOS/c1-2-12-28(13-3-1)41(35-18-10-19-36-39(35)32-23-21-26-11-4-5-15-30(26)40(32)42-36)34-17-8-6-14-29(34)27-22-24-38-33(25-27)31-16-7-9-20-37(31)43-38/h1-25H. The lowest BCUT2D eigenvalue weighted by Gasteiger charge is -2.28. The van der Waals surface area contributed by atoms with Gasteiger partial charge in [-0.2, -0.15) is 0 Å². The highest BCUT2D eigenvalue weighted by molar-refractivity contribution is 7.25. The maximum atomic E-state index is 6.60. The summed E-state index contributed by atoms with van der Waals surface area (Å²) >= 11 is 1.85. The van der Waals surface area contributed by atoms with Crippen molar-refractivity contribution in [2.75, 3.05) is 4.90 Å². The van der Waals surface area contributed by atoms with E-state index < -0.39 is 0 Å². The van der Waals surface area contributed by atoms with Gasteiger partial charge >= 0.3 is 0 Å². The Morgan fingerprint density at radius 1 is 0.488 bits per heavy atom. The Labute approximate surface area is 252 Å². The van der Waals surface area contributed by atoms with Crippen LogP contribution < -0.4 is 4.90 Å². The summed E-state index contributed by atoms with van der Waals surface area (Å²) < 4.78 is 9.23. The average molecular weight is 568 g/mol. The molecular formula is C40H25NOS. The van der Waals surface area contributed by atoms with Crippen LogP contribution in [0.25, 0.3) is 64.0 Å². The van der Waals surface area contributed by atoms with Crippen molar-refractivity contribution in [1.82, 2.24) is 0 Å². The molecule has 0 aliphatic heterocycles. The van der Waals surface area contributed by atoms with E-state index in [-0.39, 0.29) is 0 Å². The van der Waals surface area contributed by atoms with Gasteiger partial charge in [0.2, 0.25) is 0 Å². The van der Waals surface area contributed by atoms with Crippen molar-refractivity contribution < 1.29 is 4.42 Å². The van der Waals surface area contributed by atoms with E-state index in [0.29, 0.717) is 0 Å². The minimum absolute atomic E-state index is 0.883. The summed E-state index contributed by atoms with van der Waals surface area (Å²) in [5.74, 6) is 0. The first-order chi connectivity index (χ1) is 21.3. The summed E-state index contributed by atoms with van der Waals surface area (Å²) in [6.07, 6.45) is 0. The highest BCUT2D eigenvalue weighted by atomic mass is 32.1. The fraction of sp³-hybridized carbons (Fsp3) is 0. The van der Waals surface area contributed by atoms with Gasteiger partial charge in [0.1, 0.15) is 11.2 Å². The lowest BCUT2D eigenvalue weighted by atomic mass is 9.99. The maximum Gasteiger partial charge on any atom is 0.143 e. The Morgan fingerprint density at radius 3 is 2.16 bits per heavy atom. The summed E-state index contributed by atoms with van der Waals surface area (Å²) in [6.45, 7) is 0. The molecule has 2 heterocycles. The van der Waals surface area contributed by atoms with Gasteiger partial charge in [-0.25, -0.2) is 0 Å². The van der Waals surface area contributed by atoms with Crippen LogP contribution in [0.15, 0.2) is 156 Å². The van der Waals surface area contributed by atoms with Gasteiger partial charge in [0.05, 0.1) is 16.8 Å². The molecule has 9 aromatic rings. The SMILES string of the molecule is c1ccc(N(c2ccccc2-c2ccc3sc4ccccc4c3c2)c2cccc3oc4c5ccccc5ccc4c23)cc1. The van der Waals surface area contributed by atoms with Crippen LogP contribution in [0.2, 0.25) is 0 Å². The van der Waals surface area contributed by atoms with Gasteiger partial charge in [-0.1, -0.05) is 97.1 Å². The smallest absolute Gasteiger partial charge is 0.143 e. The molecule has 0 spiro atoms. The van der Waals surface area contributed by atoms with E-state index in [1.165, 1.54) is 36.7 Å². The van der Waals surface area contributed by atoms with Gasteiger partial charge in [-0.15, -0.1) is 11.3 Å². The van der Waals surface area contributed by atoms with Gasteiger partial charge in [0, 0.05) is 42.2 Å². The summed E-state index contributed by atoms with van der Waals surface area (Å²) in [7, 11) is 0. The third-order valence-electron chi connectivity index (χ3n) is 8.45. The molecule has 7 aromatic carbocycles. The normalized spacial score (nSPS) is 11.7. The van der Waals surface area contributed by atoms with Gasteiger partial charge in [0.15, 0.2) is 0 Å². The number of hydrogen-bond donors (Lipinski definition) is 0. The lowest BCUT2D eigenvalue weighted by Crippen LogP contribution is -2.11. The number of nitrogens with zero attached hydrogens (tertiary/aromatic N) is 1. The second-order valence-corrected chi connectivity index (χ2v) is 12.0. The minimum atomic E-state index is 0.883. The van der Waals surface area contributed by atoms with Crippen molar-refractivity contribution in [3.63, 3.8) is 0 Å². The van der Waals surface area contributed by atoms with E-state index in [2.05, 4.69) is 157 Å².